The smallest absolute Gasteiger partial charge is 0.261 e. The van der Waals surface area contributed by atoms with Gasteiger partial charge in [0.25, 0.3) is 5.91 Å². The lowest BCUT2D eigenvalue weighted by Crippen LogP contribution is -2.28. The average molecular weight is 204 g/mol. The van der Waals surface area contributed by atoms with E-state index in [-0.39, 0.29) is 23.9 Å². The van der Waals surface area contributed by atoms with E-state index in [9.17, 15) is 9.90 Å². The molecule has 0 radical (unpaired) electrons. The second-order valence-corrected chi connectivity index (χ2v) is 2.84. The molecule has 1 heterocycles. The molecule has 2 N–H and O–H groups in total. The number of carbonyl (C=O) groups is 1. The van der Waals surface area contributed by atoms with Crippen LogP contribution in [0.2, 0.25) is 0 Å². The summed E-state index contributed by atoms with van der Waals surface area (Å²) >= 11 is 0. The Labute approximate surface area is 85.4 Å². The first-order chi connectivity index (χ1) is 7.27. The second-order valence-electron chi connectivity index (χ2n) is 2.84. The fourth-order valence-corrected chi connectivity index (χ4v) is 1.13. The maximum Gasteiger partial charge on any atom is 0.261 e. The van der Waals surface area contributed by atoms with Crippen molar-refractivity contribution in [2.45, 2.75) is 0 Å². The number of nitrogens with zero attached hydrogens (tertiary/aromatic N) is 3. The number of benzene rings is 1. The van der Waals surface area contributed by atoms with E-state index in [4.69, 9.17) is 0 Å². The lowest BCUT2D eigenvalue weighted by Gasteiger charge is -2.03. The molecule has 76 valence electrons. The Balaban J connectivity index is 2.15. The fourth-order valence-electron chi connectivity index (χ4n) is 1.13. The Hall–Kier alpha value is -2.24. The lowest BCUT2D eigenvalue weighted by atomic mass is 10.2. The zero-order chi connectivity index (χ0) is 10.7. The van der Waals surface area contributed by atoms with Crippen LogP contribution in [0.1, 0.15) is 10.4 Å². The van der Waals surface area contributed by atoms with Gasteiger partial charge in [-0.05, 0) is 12.1 Å². The summed E-state index contributed by atoms with van der Waals surface area (Å²) in [6.07, 6.45) is 0. The van der Waals surface area contributed by atoms with Gasteiger partial charge in [-0.25, -0.2) is 4.99 Å². The fraction of sp³-hybridized carbons (Fsp3) is 0.111. The largest absolute Gasteiger partial charge is 0.507 e. The third kappa shape index (κ3) is 1.98. The van der Waals surface area contributed by atoms with Crippen LogP contribution >= 0.6 is 0 Å². The number of rotatable bonds is 1. The van der Waals surface area contributed by atoms with Crippen LogP contribution in [-0.2, 0) is 0 Å². The molecule has 0 saturated carbocycles. The van der Waals surface area contributed by atoms with Gasteiger partial charge in [0, 0.05) is 0 Å². The second kappa shape index (κ2) is 3.87. The van der Waals surface area contributed by atoms with Gasteiger partial charge in [0.2, 0.25) is 5.96 Å². The molecule has 0 aromatic heterocycles. The summed E-state index contributed by atoms with van der Waals surface area (Å²) in [5.41, 5.74) is 0.183. The highest BCUT2D eigenvalue weighted by Gasteiger charge is 2.13. The molecule has 0 bridgehead atoms. The van der Waals surface area contributed by atoms with Gasteiger partial charge < -0.3 is 5.11 Å². The van der Waals surface area contributed by atoms with Crippen molar-refractivity contribution in [2.75, 3.05) is 6.67 Å². The molecule has 1 aliphatic heterocycles. The number of guanidine groups is 1. The first-order valence-corrected chi connectivity index (χ1v) is 4.28. The molecule has 0 atom stereocenters. The van der Waals surface area contributed by atoms with Crippen molar-refractivity contribution in [1.29, 1.82) is 0 Å². The molecule has 1 aliphatic rings. The van der Waals surface area contributed by atoms with Crippen molar-refractivity contribution < 1.29 is 9.90 Å². The molecular weight excluding hydrogens is 196 g/mol. The van der Waals surface area contributed by atoms with Crippen LogP contribution in [0.3, 0.4) is 0 Å². The van der Waals surface area contributed by atoms with Crippen molar-refractivity contribution in [3.63, 3.8) is 0 Å². The maximum atomic E-state index is 11.6. The van der Waals surface area contributed by atoms with Crippen molar-refractivity contribution >= 4 is 11.9 Å². The molecule has 1 aromatic rings. The van der Waals surface area contributed by atoms with E-state index < -0.39 is 5.91 Å². The summed E-state index contributed by atoms with van der Waals surface area (Å²) in [5.74, 6) is -0.360. The average Bonchev–Trinajstić information content (AvgIpc) is 2.71. The number of nitrogens with one attached hydrogen (secondary N) is 1. The quantitative estimate of drug-likeness (QED) is 0.712. The highest BCUT2D eigenvalue weighted by Crippen LogP contribution is 2.15. The summed E-state index contributed by atoms with van der Waals surface area (Å²) < 4.78 is 0. The number of azo groups is 1. The van der Waals surface area contributed by atoms with Crippen LogP contribution in [0.5, 0.6) is 5.75 Å². The predicted molar refractivity (Wildman–Crippen MR) is 52.7 cm³/mol. The molecule has 2 rings (SSSR count). The minimum Gasteiger partial charge on any atom is -0.507 e. The van der Waals surface area contributed by atoms with Gasteiger partial charge in [-0.1, -0.05) is 12.1 Å². The van der Waals surface area contributed by atoms with Gasteiger partial charge in [-0.2, -0.15) is 5.11 Å². The first kappa shape index (κ1) is 9.32. The van der Waals surface area contributed by atoms with Gasteiger partial charge in [0.05, 0.1) is 5.56 Å². The third-order valence-electron chi connectivity index (χ3n) is 1.82. The van der Waals surface area contributed by atoms with E-state index in [0.717, 1.165) is 0 Å². The minimum absolute atomic E-state index is 0.0782. The molecule has 1 aromatic carbocycles. The molecule has 0 aliphatic carbocycles. The SMILES string of the molecule is O=C(NC1=NCN=N1)c1ccccc1O. The summed E-state index contributed by atoms with van der Waals surface area (Å²) in [5, 5.41) is 19.0. The van der Waals surface area contributed by atoms with E-state index >= 15 is 0 Å². The zero-order valence-electron chi connectivity index (χ0n) is 7.71. The van der Waals surface area contributed by atoms with Crippen molar-refractivity contribution in [3.05, 3.63) is 29.8 Å². The van der Waals surface area contributed by atoms with Crippen molar-refractivity contribution in [1.82, 2.24) is 5.32 Å². The minimum atomic E-state index is -0.451. The standard InChI is InChI=1S/C9H8N4O2/c14-7-4-2-1-3-6(7)8(15)12-9-10-5-11-13-9/h1-4,14H,5H2,(H,10,12,15). The summed E-state index contributed by atoms with van der Waals surface area (Å²) in [4.78, 5) is 15.4. The van der Waals surface area contributed by atoms with Crippen LogP contribution in [0.15, 0.2) is 39.5 Å². The zero-order valence-corrected chi connectivity index (χ0v) is 7.71. The Bertz CT molecular complexity index is 453. The number of aliphatic imine (C=N–C) groups is 1. The van der Waals surface area contributed by atoms with Crippen LogP contribution in [0.4, 0.5) is 0 Å². The molecule has 0 spiro atoms. The molecule has 15 heavy (non-hydrogen) atoms. The summed E-state index contributed by atoms with van der Waals surface area (Å²) in [6.45, 7) is 0.233. The normalized spacial score (nSPS) is 13.7. The summed E-state index contributed by atoms with van der Waals surface area (Å²) in [7, 11) is 0. The van der Waals surface area contributed by atoms with Crippen molar-refractivity contribution in [2.24, 2.45) is 15.2 Å². The highest BCUT2D eigenvalue weighted by molar-refractivity contribution is 6.07. The van der Waals surface area contributed by atoms with Gasteiger partial charge >= 0.3 is 0 Å². The molecule has 6 nitrogen and oxygen atoms in total. The van der Waals surface area contributed by atoms with E-state index in [2.05, 4.69) is 20.5 Å². The Kier molecular flexibility index (Phi) is 2.40. The Morgan fingerprint density at radius 1 is 1.40 bits per heavy atom. The van der Waals surface area contributed by atoms with Crippen LogP contribution in [0.25, 0.3) is 0 Å². The number of phenolic OH excluding ortho intramolecular Hbond substituents is 1. The number of aromatic hydroxyl groups is 1. The predicted octanol–water partition coefficient (Wildman–Crippen LogP) is 0.901. The number of hydrogen-bond acceptors (Lipinski definition) is 5. The monoisotopic (exact) mass is 204 g/mol. The Morgan fingerprint density at radius 2 is 2.20 bits per heavy atom. The maximum absolute atomic E-state index is 11.6. The summed E-state index contributed by atoms with van der Waals surface area (Å²) in [6, 6.07) is 6.25. The number of hydrogen-bond donors (Lipinski definition) is 2. The third-order valence-corrected chi connectivity index (χ3v) is 1.82. The van der Waals surface area contributed by atoms with E-state index in [1.165, 1.54) is 12.1 Å². The number of para-hydroxylation sites is 1. The number of amides is 1. The Morgan fingerprint density at radius 3 is 2.87 bits per heavy atom. The molecule has 0 unspecified atom stereocenters. The molecular formula is C9H8N4O2. The van der Waals surface area contributed by atoms with Crippen molar-refractivity contribution in [3.8, 4) is 5.75 Å². The number of carbonyl (C=O) groups excluding carboxylic acids is 1. The van der Waals surface area contributed by atoms with Crippen LogP contribution < -0.4 is 5.32 Å². The van der Waals surface area contributed by atoms with Gasteiger partial charge in [0.1, 0.15) is 5.75 Å². The highest BCUT2D eigenvalue weighted by atomic mass is 16.3. The first-order valence-electron chi connectivity index (χ1n) is 4.28. The molecule has 1 amide bonds. The topological polar surface area (TPSA) is 86.4 Å². The molecule has 6 heteroatoms. The van der Waals surface area contributed by atoms with Crippen LogP contribution in [-0.4, -0.2) is 23.6 Å². The van der Waals surface area contributed by atoms with Gasteiger partial charge in [0.15, 0.2) is 6.67 Å². The van der Waals surface area contributed by atoms with Gasteiger partial charge in [-0.15, -0.1) is 5.11 Å². The lowest BCUT2D eigenvalue weighted by molar-refractivity contribution is 0.0974. The number of phenols is 1. The molecule has 0 saturated heterocycles. The van der Waals surface area contributed by atoms with E-state index in [0.29, 0.717) is 0 Å². The van der Waals surface area contributed by atoms with E-state index in [1.807, 2.05) is 0 Å². The molecule has 0 fully saturated rings. The van der Waals surface area contributed by atoms with E-state index in [1.54, 1.807) is 12.1 Å². The van der Waals surface area contributed by atoms with Gasteiger partial charge in [-0.3, -0.25) is 10.1 Å². The van der Waals surface area contributed by atoms with Crippen LogP contribution in [0, 0.1) is 0 Å².